The molecule has 1 unspecified atom stereocenters. The Morgan fingerprint density at radius 2 is 1.88 bits per heavy atom. The van der Waals surface area contributed by atoms with Crippen LogP contribution in [0.5, 0.6) is 0 Å². The third-order valence-electron chi connectivity index (χ3n) is 3.64. The molecule has 0 saturated heterocycles. The number of nitrogens with one attached hydrogen (secondary N) is 3. The van der Waals surface area contributed by atoms with Crippen molar-refractivity contribution in [3.63, 3.8) is 0 Å². The molecule has 3 N–H and O–H groups in total. The van der Waals surface area contributed by atoms with Gasteiger partial charge >= 0.3 is 0 Å². The van der Waals surface area contributed by atoms with Crippen LogP contribution in [0.3, 0.4) is 0 Å². The summed E-state index contributed by atoms with van der Waals surface area (Å²) < 4.78 is 0. The fourth-order valence-corrected chi connectivity index (χ4v) is 3.30. The molecule has 0 aliphatic carbocycles. The lowest BCUT2D eigenvalue weighted by molar-refractivity contribution is -0.885. The summed E-state index contributed by atoms with van der Waals surface area (Å²) in [6, 6.07) is 7.85. The zero-order valence-electron chi connectivity index (χ0n) is 15.8. The molecule has 0 aliphatic heterocycles. The van der Waals surface area contributed by atoms with Gasteiger partial charge in [0.05, 0.1) is 13.5 Å². The van der Waals surface area contributed by atoms with Crippen molar-refractivity contribution in [2.75, 3.05) is 18.9 Å². The van der Waals surface area contributed by atoms with E-state index in [0.29, 0.717) is 13.1 Å². The Bertz CT molecular complexity index is 740. The fraction of sp³-hybridized carbons (Fsp3) is 0.421. The quantitative estimate of drug-likeness (QED) is 0.648. The highest BCUT2D eigenvalue weighted by molar-refractivity contribution is 7.09. The Balaban J connectivity index is 1.82. The summed E-state index contributed by atoms with van der Waals surface area (Å²) in [5, 5.41) is 8.51. The van der Waals surface area contributed by atoms with Crippen molar-refractivity contribution < 1.29 is 14.5 Å². The Morgan fingerprint density at radius 1 is 1.19 bits per heavy atom. The highest BCUT2D eigenvalue weighted by Crippen LogP contribution is 2.12. The lowest BCUT2D eigenvalue weighted by Gasteiger charge is -2.13. The van der Waals surface area contributed by atoms with Gasteiger partial charge in [-0.1, -0.05) is 17.7 Å². The summed E-state index contributed by atoms with van der Waals surface area (Å²) in [4.78, 5) is 29.5. The standard InChI is InChI=1S/C19H26N4O2S/c1-13(2)20-18(25)11-23(4)10-16-12-26-19(22-16)9-17(24)21-15-7-5-14(3)6-8-15/h5-8,12-13H,9-11H2,1-4H3,(H,20,25)(H,21,24)/p+1. The minimum Gasteiger partial charge on any atom is -0.349 e. The molecule has 0 bridgehead atoms. The van der Waals surface area contributed by atoms with Gasteiger partial charge in [0, 0.05) is 17.1 Å². The first-order valence-electron chi connectivity index (χ1n) is 8.72. The average molecular weight is 376 g/mol. The van der Waals surface area contributed by atoms with Gasteiger partial charge in [0.15, 0.2) is 6.54 Å². The van der Waals surface area contributed by atoms with Crippen molar-refractivity contribution >= 4 is 28.8 Å². The minimum atomic E-state index is -0.0771. The Hall–Kier alpha value is -2.25. The van der Waals surface area contributed by atoms with Gasteiger partial charge in [-0.3, -0.25) is 9.59 Å². The summed E-state index contributed by atoms with van der Waals surface area (Å²) in [5.74, 6) is -0.0443. The number of rotatable bonds is 8. The topological polar surface area (TPSA) is 75.5 Å². The third-order valence-corrected chi connectivity index (χ3v) is 4.54. The Morgan fingerprint density at radius 3 is 2.54 bits per heavy atom. The molecule has 0 spiro atoms. The van der Waals surface area contributed by atoms with E-state index in [1.165, 1.54) is 11.3 Å². The lowest BCUT2D eigenvalue weighted by Crippen LogP contribution is -3.09. The van der Waals surface area contributed by atoms with Crippen LogP contribution in [0.2, 0.25) is 0 Å². The van der Waals surface area contributed by atoms with Crippen LogP contribution < -0.4 is 15.5 Å². The van der Waals surface area contributed by atoms with Gasteiger partial charge in [-0.2, -0.15) is 0 Å². The van der Waals surface area contributed by atoms with Crippen LogP contribution in [0.1, 0.15) is 30.1 Å². The lowest BCUT2D eigenvalue weighted by atomic mass is 10.2. The molecule has 0 aliphatic rings. The van der Waals surface area contributed by atoms with Gasteiger partial charge in [0.25, 0.3) is 5.91 Å². The van der Waals surface area contributed by atoms with E-state index in [1.54, 1.807) is 0 Å². The second-order valence-corrected chi connectivity index (χ2v) is 7.80. The largest absolute Gasteiger partial charge is 0.349 e. The number of likely N-dealkylation sites (N-methyl/N-ethyl adjacent to an activating group) is 1. The molecule has 2 rings (SSSR count). The molecule has 2 aromatic rings. The van der Waals surface area contributed by atoms with E-state index >= 15 is 0 Å². The zero-order chi connectivity index (χ0) is 19.1. The van der Waals surface area contributed by atoms with Crippen molar-refractivity contribution in [1.29, 1.82) is 0 Å². The maximum atomic E-state index is 12.1. The predicted octanol–water partition coefficient (Wildman–Crippen LogP) is 1.17. The fourth-order valence-electron chi connectivity index (χ4n) is 2.51. The number of hydrogen-bond donors (Lipinski definition) is 3. The van der Waals surface area contributed by atoms with E-state index in [4.69, 9.17) is 0 Å². The number of thiazole rings is 1. The van der Waals surface area contributed by atoms with Gasteiger partial charge in [-0.15, -0.1) is 11.3 Å². The van der Waals surface area contributed by atoms with Gasteiger partial charge in [0.1, 0.15) is 17.2 Å². The molecule has 1 aromatic carbocycles. The second kappa shape index (κ2) is 9.45. The average Bonchev–Trinajstić information content (AvgIpc) is 2.95. The Labute approximate surface area is 158 Å². The molecule has 0 fully saturated rings. The third kappa shape index (κ3) is 6.93. The predicted molar refractivity (Wildman–Crippen MR) is 104 cm³/mol. The number of nitrogens with zero attached hydrogens (tertiary/aromatic N) is 1. The van der Waals surface area contributed by atoms with Crippen molar-refractivity contribution in [3.8, 4) is 0 Å². The molecule has 0 saturated carbocycles. The number of benzene rings is 1. The smallest absolute Gasteiger partial charge is 0.275 e. The summed E-state index contributed by atoms with van der Waals surface area (Å²) in [6.07, 6.45) is 0.255. The molecular formula is C19H27N4O2S+. The monoisotopic (exact) mass is 375 g/mol. The highest BCUT2D eigenvalue weighted by atomic mass is 32.1. The first-order chi connectivity index (χ1) is 12.3. The van der Waals surface area contributed by atoms with Gasteiger partial charge in [-0.25, -0.2) is 4.98 Å². The van der Waals surface area contributed by atoms with E-state index in [2.05, 4.69) is 15.6 Å². The first kappa shape index (κ1) is 20.1. The SMILES string of the molecule is Cc1ccc(NC(=O)Cc2nc(C[NH+](C)CC(=O)NC(C)C)cs2)cc1. The van der Waals surface area contributed by atoms with Crippen molar-refractivity contribution in [2.45, 2.75) is 39.8 Å². The van der Waals surface area contributed by atoms with E-state index in [-0.39, 0.29) is 24.3 Å². The number of amides is 2. The molecular weight excluding hydrogens is 348 g/mol. The molecule has 1 atom stereocenters. The Kier molecular flexibility index (Phi) is 7.29. The van der Waals surface area contributed by atoms with Crippen LogP contribution in [-0.4, -0.2) is 36.4 Å². The number of aryl methyl sites for hydroxylation is 1. The maximum absolute atomic E-state index is 12.1. The van der Waals surface area contributed by atoms with Crippen LogP contribution in [0.15, 0.2) is 29.6 Å². The molecule has 6 nitrogen and oxygen atoms in total. The van der Waals surface area contributed by atoms with Gasteiger partial charge < -0.3 is 15.5 Å². The summed E-state index contributed by atoms with van der Waals surface area (Å²) in [7, 11) is 1.96. The van der Waals surface area contributed by atoms with Crippen molar-refractivity contribution in [2.24, 2.45) is 0 Å². The van der Waals surface area contributed by atoms with Crippen LogP contribution in [0, 0.1) is 6.92 Å². The van der Waals surface area contributed by atoms with Crippen LogP contribution >= 0.6 is 11.3 Å². The summed E-state index contributed by atoms with van der Waals surface area (Å²) in [6.45, 7) is 6.96. The number of quaternary nitrogens is 1. The maximum Gasteiger partial charge on any atom is 0.275 e. The number of carbonyl (C=O) groups excluding carboxylic acids is 2. The first-order valence-corrected chi connectivity index (χ1v) is 9.60. The van der Waals surface area contributed by atoms with E-state index in [1.807, 2.05) is 57.5 Å². The van der Waals surface area contributed by atoms with E-state index < -0.39 is 0 Å². The number of aromatic nitrogens is 1. The molecule has 140 valence electrons. The highest BCUT2D eigenvalue weighted by Gasteiger charge is 2.14. The number of anilines is 1. The molecule has 1 aromatic heterocycles. The molecule has 0 radical (unpaired) electrons. The van der Waals surface area contributed by atoms with Crippen LogP contribution in [0.4, 0.5) is 5.69 Å². The molecule has 2 amide bonds. The van der Waals surface area contributed by atoms with Crippen molar-refractivity contribution in [3.05, 3.63) is 45.9 Å². The van der Waals surface area contributed by atoms with Gasteiger partial charge in [-0.05, 0) is 32.9 Å². The summed E-state index contributed by atoms with van der Waals surface area (Å²) in [5.41, 5.74) is 2.85. The minimum absolute atomic E-state index is 0.0328. The second-order valence-electron chi connectivity index (χ2n) is 6.86. The van der Waals surface area contributed by atoms with E-state index in [0.717, 1.165) is 26.9 Å². The zero-order valence-corrected chi connectivity index (χ0v) is 16.6. The normalized spacial score (nSPS) is 12.0. The molecule has 1 heterocycles. The number of carbonyl (C=O) groups is 2. The number of hydrogen-bond acceptors (Lipinski definition) is 4. The summed E-state index contributed by atoms with van der Waals surface area (Å²) >= 11 is 1.48. The van der Waals surface area contributed by atoms with Gasteiger partial charge in [0.2, 0.25) is 5.91 Å². The van der Waals surface area contributed by atoms with Crippen molar-refractivity contribution in [1.82, 2.24) is 10.3 Å². The van der Waals surface area contributed by atoms with E-state index in [9.17, 15) is 9.59 Å². The van der Waals surface area contributed by atoms with Crippen LogP contribution in [0.25, 0.3) is 0 Å². The molecule has 26 heavy (non-hydrogen) atoms. The van der Waals surface area contributed by atoms with Crippen LogP contribution in [-0.2, 0) is 22.6 Å². The molecule has 7 heteroatoms.